The number of nitrogens with one attached hydrogen (secondary N) is 3. The first-order valence-electron chi connectivity index (χ1n) is 9.37. The molecule has 0 aromatic carbocycles. The number of rotatable bonds is 14. The molecule has 4 unspecified atom stereocenters. The van der Waals surface area contributed by atoms with E-state index in [2.05, 4.69) is 16.0 Å². The molecule has 0 aromatic heterocycles. The van der Waals surface area contributed by atoms with Crippen molar-refractivity contribution in [1.29, 1.82) is 0 Å². The number of aliphatic hydroxyl groups is 1. The topological polar surface area (TPSA) is 257 Å². The monoisotopic (exact) mass is 446 g/mol. The van der Waals surface area contributed by atoms with E-state index in [9.17, 15) is 39.0 Å². The van der Waals surface area contributed by atoms with Crippen LogP contribution < -0.4 is 33.2 Å². The Bertz CT molecular complexity index is 698. The quantitative estimate of drug-likeness (QED) is 0.128. The minimum absolute atomic E-state index is 0.0978. The predicted molar refractivity (Wildman–Crippen MR) is 106 cm³/mol. The van der Waals surface area contributed by atoms with E-state index < -0.39 is 78.6 Å². The summed E-state index contributed by atoms with van der Waals surface area (Å²) in [7, 11) is 0. The van der Waals surface area contributed by atoms with Gasteiger partial charge in [-0.3, -0.25) is 24.0 Å². The van der Waals surface area contributed by atoms with Gasteiger partial charge in [-0.15, -0.1) is 0 Å². The predicted octanol–water partition coefficient (Wildman–Crippen LogP) is -4.36. The maximum atomic E-state index is 12.4. The first kappa shape index (κ1) is 27.7. The molecule has 5 amide bonds. The molecular formula is C17H30N6O8. The Morgan fingerprint density at radius 3 is 1.77 bits per heavy atom. The van der Waals surface area contributed by atoms with Crippen molar-refractivity contribution in [3.05, 3.63) is 0 Å². The zero-order chi connectivity index (χ0) is 24.3. The van der Waals surface area contributed by atoms with E-state index >= 15 is 0 Å². The number of carboxylic acid groups (broad SMARTS) is 1. The van der Waals surface area contributed by atoms with Gasteiger partial charge in [0.1, 0.15) is 18.1 Å². The standard InChI is InChI=1S/C17H30N6O8/c1-7(2)13(17(30)31)23-15(28)9(5-12(20)26)21-16(29)10(6-24)22-14(27)8(18)3-4-11(19)25/h7-10,13,24H,3-6,18H2,1-2H3,(H2,19,25)(H2,20,26)(H,21,29)(H,22,27)(H,23,28)(H,30,31). The summed E-state index contributed by atoms with van der Waals surface area (Å²) in [5, 5.41) is 25.1. The van der Waals surface area contributed by atoms with Crippen LogP contribution in [0.15, 0.2) is 0 Å². The highest BCUT2D eigenvalue weighted by atomic mass is 16.4. The Morgan fingerprint density at radius 2 is 1.35 bits per heavy atom. The van der Waals surface area contributed by atoms with Gasteiger partial charge in [0.25, 0.3) is 0 Å². The summed E-state index contributed by atoms with van der Waals surface area (Å²) in [6.07, 6.45) is -0.933. The molecule has 0 spiro atoms. The maximum absolute atomic E-state index is 12.4. The highest BCUT2D eigenvalue weighted by Crippen LogP contribution is 2.04. The molecule has 176 valence electrons. The molecule has 0 heterocycles. The van der Waals surface area contributed by atoms with Crippen molar-refractivity contribution in [3.8, 4) is 0 Å². The molecule has 0 aliphatic rings. The highest BCUT2D eigenvalue weighted by Gasteiger charge is 2.32. The first-order chi connectivity index (χ1) is 14.3. The van der Waals surface area contributed by atoms with Crippen LogP contribution in [0.5, 0.6) is 0 Å². The smallest absolute Gasteiger partial charge is 0.326 e. The average Bonchev–Trinajstić information content (AvgIpc) is 2.66. The zero-order valence-corrected chi connectivity index (χ0v) is 17.3. The number of aliphatic carboxylic acids is 1. The Balaban J connectivity index is 5.23. The molecule has 0 fully saturated rings. The van der Waals surface area contributed by atoms with Gasteiger partial charge < -0.3 is 43.4 Å². The Kier molecular flexibility index (Phi) is 11.7. The van der Waals surface area contributed by atoms with Gasteiger partial charge in [-0.05, 0) is 12.3 Å². The van der Waals surface area contributed by atoms with Crippen molar-refractivity contribution in [1.82, 2.24) is 16.0 Å². The van der Waals surface area contributed by atoms with Gasteiger partial charge >= 0.3 is 5.97 Å². The second-order valence-corrected chi connectivity index (χ2v) is 7.16. The number of carbonyl (C=O) groups is 6. The number of hydrogen-bond acceptors (Lipinski definition) is 8. The van der Waals surface area contributed by atoms with Gasteiger partial charge in [-0.1, -0.05) is 13.8 Å². The summed E-state index contributed by atoms with van der Waals surface area (Å²) in [6, 6.07) is -5.59. The van der Waals surface area contributed by atoms with Gasteiger partial charge in [0.15, 0.2) is 0 Å². The molecule has 0 saturated heterocycles. The molecule has 31 heavy (non-hydrogen) atoms. The third-order valence-electron chi connectivity index (χ3n) is 4.12. The van der Waals surface area contributed by atoms with Crippen molar-refractivity contribution in [2.45, 2.75) is 57.3 Å². The van der Waals surface area contributed by atoms with Crippen LogP contribution in [-0.4, -0.2) is 76.5 Å². The van der Waals surface area contributed by atoms with Crippen molar-refractivity contribution < 1.29 is 39.0 Å². The van der Waals surface area contributed by atoms with E-state index in [1.165, 1.54) is 0 Å². The van der Waals surface area contributed by atoms with Crippen molar-refractivity contribution in [2.75, 3.05) is 6.61 Å². The molecule has 0 rings (SSSR count). The fourth-order valence-electron chi connectivity index (χ4n) is 2.35. The minimum Gasteiger partial charge on any atom is -0.480 e. The minimum atomic E-state index is -1.56. The number of nitrogens with two attached hydrogens (primary N) is 3. The maximum Gasteiger partial charge on any atom is 0.326 e. The summed E-state index contributed by atoms with van der Waals surface area (Å²) in [5.41, 5.74) is 15.6. The molecule has 14 heteroatoms. The van der Waals surface area contributed by atoms with Crippen LogP contribution in [0.2, 0.25) is 0 Å². The molecule has 0 radical (unpaired) electrons. The summed E-state index contributed by atoms with van der Waals surface area (Å²) >= 11 is 0. The average molecular weight is 446 g/mol. The third-order valence-corrected chi connectivity index (χ3v) is 4.12. The van der Waals surface area contributed by atoms with Gasteiger partial charge in [0.05, 0.1) is 19.1 Å². The number of amides is 5. The van der Waals surface area contributed by atoms with Crippen LogP contribution in [0, 0.1) is 5.92 Å². The van der Waals surface area contributed by atoms with Gasteiger partial charge in [0.2, 0.25) is 29.5 Å². The summed E-state index contributed by atoms with van der Waals surface area (Å²) < 4.78 is 0. The van der Waals surface area contributed by atoms with Crippen LogP contribution in [-0.2, 0) is 28.8 Å². The van der Waals surface area contributed by atoms with Crippen LogP contribution in [0.25, 0.3) is 0 Å². The molecule has 0 aromatic rings. The molecule has 11 N–H and O–H groups in total. The molecule has 0 aliphatic carbocycles. The SMILES string of the molecule is CC(C)C(NC(=O)C(CC(N)=O)NC(=O)C(CO)NC(=O)C(N)CCC(N)=O)C(=O)O. The lowest BCUT2D eigenvalue weighted by Crippen LogP contribution is -2.59. The lowest BCUT2D eigenvalue weighted by Gasteiger charge is -2.24. The third kappa shape index (κ3) is 10.4. The summed E-state index contributed by atoms with van der Waals surface area (Å²) in [4.78, 5) is 70.1. The molecular weight excluding hydrogens is 416 g/mol. The lowest BCUT2D eigenvalue weighted by atomic mass is 10.0. The van der Waals surface area contributed by atoms with Gasteiger partial charge in [-0.2, -0.15) is 0 Å². The Hall–Kier alpha value is -3.26. The molecule has 0 bridgehead atoms. The molecule has 14 nitrogen and oxygen atoms in total. The molecule has 4 atom stereocenters. The number of primary amides is 2. The lowest BCUT2D eigenvalue weighted by molar-refractivity contribution is -0.143. The van der Waals surface area contributed by atoms with E-state index in [0.29, 0.717) is 0 Å². The van der Waals surface area contributed by atoms with E-state index in [1.54, 1.807) is 13.8 Å². The largest absolute Gasteiger partial charge is 0.480 e. The second-order valence-electron chi connectivity index (χ2n) is 7.16. The molecule has 0 aliphatic heterocycles. The van der Waals surface area contributed by atoms with Crippen LogP contribution >= 0.6 is 0 Å². The number of carboxylic acids is 1. The van der Waals surface area contributed by atoms with Crippen LogP contribution in [0.3, 0.4) is 0 Å². The fraction of sp³-hybridized carbons (Fsp3) is 0.647. The summed E-state index contributed by atoms with van der Waals surface area (Å²) in [6.45, 7) is 2.20. The van der Waals surface area contributed by atoms with Gasteiger partial charge in [-0.25, -0.2) is 4.79 Å². The fourth-order valence-corrected chi connectivity index (χ4v) is 2.35. The Morgan fingerprint density at radius 1 is 0.839 bits per heavy atom. The van der Waals surface area contributed by atoms with E-state index in [1.807, 2.05) is 0 Å². The number of carbonyl (C=O) groups excluding carboxylic acids is 5. The normalized spacial score (nSPS) is 14.6. The van der Waals surface area contributed by atoms with E-state index in [0.717, 1.165) is 0 Å². The van der Waals surface area contributed by atoms with E-state index in [4.69, 9.17) is 17.2 Å². The van der Waals surface area contributed by atoms with Crippen molar-refractivity contribution in [2.24, 2.45) is 23.1 Å². The van der Waals surface area contributed by atoms with Crippen molar-refractivity contribution >= 4 is 35.5 Å². The summed E-state index contributed by atoms with van der Waals surface area (Å²) in [5.74, 6) is -6.37. The number of hydrogen-bond donors (Lipinski definition) is 8. The second kappa shape index (κ2) is 13.1. The van der Waals surface area contributed by atoms with E-state index in [-0.39, 0.29) is 12.8 Å². The van der Waals surface area contributed by atoms with Crippen LogP contribution in [0.1, 0.15) is 33.1 Å². The highest BCUT2D eigenvalue weighted by molar-refractivity contribution is 5.96. The zero-order valence-electron chi connectivity index (χ0n) is 17.3. The first-order valence-corrected chi connectivity index (χ1v) is 9.37. The molecule has 0 saturated carbocycles. The van der Waals surface area contributed by atoms with Crippen molar-refractivity contribution in [3.63, 3.8) is 0 Å². The van der Waals surface area contributed by atoms with Gasteiger partial charge in [0, 0.05) is 6.42 Å². The number of aliphatic hydroxyl groups excluding tert-OH is 1. The Labute approximate surface area is 178 Å². The van der Waals surface area contributed by atoms with Crippen LogP contribution in [0.4, 0.5) is 0 Å².